The number of aromatic nitrogens is 4. The van der Waals surface area contributed by atoms with Crippen LogP contribution in [0.2, 0.25) is 0 Å². The van der Waals surface area contributed by atoms with Gasteiger partial charge in [0.25, 0.3) is 0 Å². The Morgan fingerprint density at radius 2 is 0.708 bits per heavy atom. The van der Waals surface area contributed by atoms with Crippen molar-refractivity contribution < 1.29 is 35.1 Å². The number of benzene rings is 3. The lowest BCUT2D eigenvalue weighted by Crippen LogP contribution is -2.06. The molecule has 0 unspecified atom stereocenters. The van der Waals surface area contributed by atoms with Crippen LogP contribution in [0.5, 0.6) is 0 Å². The predicted octanol–water partition coefficient (Wildman–Crippen LogP) is 11.9. The van der Waals surface area contributed by atoms with Crippen LogP contribution in [0.25, 0.3) is 42.7 Å². The first-order valence-corrected chi connectivity index (χ1v) is 17.9. The van der Waals surface area contributed by atoms with Gasteiger partial charge in [0, 0.05) is 23.6 Å². The van der Waals surface area contributed by atoms with Crippen LogP contribution in [0.3, 0.4) is 0 Å². The van der Waals surface area contributed by atoms with Gasteiger partial charge in [-0.05, 0) is 12.8 Å². The van der Waals surface area contributed by atoms with Gasteiger partial charge in [0.05, 0.1) is 21.9 Å². The molecule has 4 nitrogen and oxygen atoms in total. The van der Waals surface area contributed by atoms with E-state index in [0.29, 0.717) is 29.3 Å². The molecule has 0 saturated carbocycles. The van der Waals surface area contributed by atoms with E-state index in [0.717, 1.165) is 93.3 Å². The quantitative estimate of drug-likeness (QED) is 0.0442. The fourth-order valence-electron chi connectivity index (χ4n) is 5.82. The highest BCUT2D eigenvalue weighted by Gasteiger charge is 2.35. The molecule has 0 spiro atoms. The second kappa shape index (κ2) is 16.0. The van der Waals surface area contributed by atoms with Crippen molar-refractivity contribution in [3.63, 3.8) is 0 Å². The van der Waals surface area contributed by atoms with E-state index >= 15 is 35.1 Å². The SMILES string of the molecule is CCCCCCCCc1nnc(-c2c(F)c(F)c3c(c2F)c(F)c(F)c2c(F)c(F)c(-c4nnc(CCCCCCCC)s4)c(F)c23)s1. The average molecular weight is 715 g/mol. The highest BCUT2D eigenvalue weighted by atomic mass is 32.1. The lowest BCUT2D eigenvalue weighted by atomic mass is 9.94. The predicted molar refractivity (Wildman–Crippen MR) is 173 cm³/mol. The molecule has 0 amide bonds. The normalized spacial score (nSPS) is 11.9. The standard InChI is InChI=1S/C34H34F8N4S2/c1-3-5-7-9-11-13-15-17-43-45-33(47-17)23-25(35)19-20-21(28(38)29(39)22(19)30(40)32(23)42)26(36)24(31(41)27(20)37)34-46-44-18(48-34)16-14-12-10-8-6-4-2/h3-16H2,1-2H3. The summed E-state index contributed by atoms with van der Waals surface area (Å²) in [5.74, 6) is -15.7. The zero-order valence-electron chi connectivity index (χ0n) is 26.5. The summed E-state index contributed by atoms with van der Waals surface area (Å²) < 4.78 is 125. The molecule has 3 aromatic carbocycles. The van der Waals surface area contributed by atoms with E-state index < -0.39 is 89.2 Å². The Kier molecular flexibility index (Phi) is 12.0. The molecule has 5 rings (SSSR count). The Morgan fingerprint density at radius 1 is 0.375 bits per heavy atom. The van der Waals surface area contributed by atoms with Crippen LogP contribution in [0.15, 0.2) is 0 Å². The van der Waals surface area contributed by atoms with E-state index in [1.54, 1.807) is 0 Å². The summed E-state index contributed by atoms with van der Waals surface area (Å²) >= 11 is 1.49. The number of hydrogen-bond acceptors (Lipinski definition) is 6. The average Bonchev–Trinajstić information content (AvgIpc) is 3.73. The fraction of sp³-hybridized carbons (Fsp3) is 0.471. The van der Waals surface area contributed by atoms with E-state index in [2.05, 4.69) is 34.2 Å². The molecule has 0 radical (unpaired) electrons. The highest BCUT2D eigenvalue weighted by molar-refractivity contribution is 7.15. The summed E-state index contributed by atoms with van der Waals surface area (Å²) in [5, 5.41) is 9.32. The summed E-state index contributed by atoms with van der Waals surface area (Å²) in [7, 11) is 0. The lowest BCUT2D eigenvalue weighted by molar-refractivity contribution is 0.486. The third-order valence-electron chi connectivity index (χ3n) is 8.37. The molecule has 14 heteroatoms. The van der Waals surface area contributed by atoms with Crippen LogP contribution in [-0.2, 0) is 12.8 Å². The van der Waals surface area contributed by atoms with Crippen LogP contribution in [-0.4, -0.2) is 20.4 Å². The first kappa shape index (κ1) is 36.0. The van der Waals surface area contributed by atoms with Crippen molar-refractivity contribution in [2.24, 2.45) is 0 Å². The summed E-state index contributed by atoms with van der Waals surface area (Å²) in [5.41, 5.74) is -2.26. The van der Waals surface area contributed by atoms with Crippen molar-refractivity contribution in [1.82, 2.24) is 20.4 Å². The number of halogens is 8. The molecule has 0 aliphatic heterocycles. The minimum Gasteiger partial charge on any atom is -0.205 e. The number of unbranched alkanes of at least 4 members (excludes halogenated alkanes) is 10. The lowest BCUT2D eigenvalue weighted by Gasteiger charge is -2.15. The number of hydrogen-bond donors (Lipinski definition) is 0. The smallest absolute Gasteiger partial charge is 0.172 e. The minimum atomic E-state index is -2.17. The van der Waals surface area contributed by atoms with Crippen molar-refractivity contribution in [2.75, 3.05) is 0 Å². The second-order valence-corrected chi connectivity index (χ2v) is 13.9. The van der Waals surface area contributed by atoms with Crippen molar-refractivity contribution in [1.29, 1.82) is 0 Å². The Morgan fingerprint density at radius 3 is 1.17 bits per heavy atom. The zero-order chi connectivity index (χ0) is 34.5. The van der Waals surface area contributed by atoms with Crippen LogP contribution in [0.1, 0.15) is 101 Å². The van der Waals surface area contributed by atoms with Crippen LogP contribution >= 0.6 is 22.7 Å². The molecule has 0 bridgehead atoms. The Labute approximate surface area is 280 Å². The highest BCUT2D eigenvalue weighted by Crippen LogP contribution is 2.45. The number of nitrogens with zero attached hydrogens (tertiary/aromatic N) is 4. The maximum absolute atomic E-state index is 16.2. The third-order valence-corrected chi connectivity index (χ3v) is 10.4. The summed E-state index contributed by atoms with van der Waals surface area (Å²) in [6.07, 6.45) is 12.6. The van der Waals surface area contributed by atoms with Gasteiger partial charge in [-0.15, -0.1) is 20.4 Å². The van der Waals surface area contributed by atoms with Gasteiger partial charge in [0.15, 0.2) is 44.9 Å². The molecule has 2 heterocycles. The molecule has 0 aliphatic carbocycles. The van der Waals surface area contributed by atoms with Crippen LogP contribution in [0.4, 0.5) is 35.1 Å². The summed E-state index contributed by atoms with van der Waals surface area (Å²) in [4.78, 5) is 0. The maximum Gasteiger partial charge on any atom is 0.172 e. The van der Waals surface area contributed by atoms with Crippen LogP contribution < -0.4 is 0 Å². The van der Waals surface area contributed by atoms with Crippen molar-refractivity contribution in [3.05, 3.63) is 56.6 Å². The van der Waals surface area contributed by atoms with E-state index in [9.17, 15) is 0 Å². The van der Waals surface area contributed by atoms with Gasteiger partial charge in [-0.2, -0.15) is 0 Å². The Hall–Kier alpha value is -3.26. The van der Waals surface area contributed by atoms with Gasteiger partial charge >= 0.3 is 0 Å². The van der Waals surface area contributed by atoms with Crippen molar-refractivity contribution >= 4 is 44.2 Å². The van der Waals surface area contributed by atoms with Gasteiger partial charge in [-0.25, -0.2) is 35.1 Å². The van der Waals surface area contributed by atoms with E-state index in [-0.39, 0.29) is 0 Å². The molecule has 0 fully saturated rings. The molecule has 2 aromatic heterocycles. The fourth-order valence-corrected chi connectivity index (χ4v) is 7.65. The van der Waals surface area contributed by atoms with Gasteiger partial charge in [-0.1, -0.05) is 101 Å². The second-order valence-electron chi connectivity index (χ2n) is 11.8. The Balaban J connectivity index is 1.57. The van der Waals surface area contributed by atoms with E-state index in [1.165, 1.54) is 0 Å². The van der Waals surface area contributed by atoms with E-state index in [4.69, 9.17) is 0 Å². The van der Waals surface area contributed by atoms with Gasteiger partial charge < -0.3 is 0 Å². The molecular formula is C34H34F8N4S2. The molecule has 0 N–H and O–H groups in total. The molecular weight excluding hydrogens is 681 g/mol. The zero-order valence-corrected chi connectivity index (χ0v) is 28.2. The van der Waals surface area contributed by atoms with Crippen molar-refractivity contribution in [3.8, 4) is 21.1 Å². The number of fused-ring (bicyclic) bond motifs is 3. The topological polar surface area (TPSA) is 51.6 Å². The molecule has 5 aromatic rings. The summed E-state index contributed by atoms with van der Waals surface area (Å²) in [6, 6.07) is 0. The monoisotopic (exact) mass is 714 g/mol. The van der Waals surface area contributed by atoms with Gasteiger partial charge in [0.1, 0.15) is 21.6 Å². The molecule has 258 valence electrons. The largest absolute Gasteiger partial charge is 0.205 e. The van der Waals surface area contributed by atoms with Gasteiger partial charge in [0.2, 0.25) is 0 Å². The van der Waals surface area contributed by atoms with Crippen molar-refractivity contribution in [2.45, 2.75) is 104 Å². The molecule has 48 heavy (non-hydrogen) atoms. The van der Waals surface area contributed by atoms with Gasteiger partial charge in [-0.3, -0.25) is 0 Å². The van der Waals surface area contributed by atoms with E-state index in [1.807, 2.05) is 0 Å². The van der Waals surface area contributed by atoms with Crippen LogP contribution in [0, 0.1) is 46.5 Å². The Bertz CT molecular complexity index is 1920. The summed E-state index contributed by atoms with van der Waals surface area (Å²) in [6.45, 7) is 4.19. The maximum atomic E-state index is 16.2. The molecule has 0 saturated heterocycles. The molecule has 0 aliphatic rings. The first-order chi connectivity index (χ1) is 23.1. The third kappa shape index (κ3) is 7.05. The number of rotatable bonds is 16. The molecule has 0 atom stereocenters. The first-order valence-electron chi connectivity index (χ1n) is 16.2. The number of aryl methyl sites for hydroxylation is 2. The minimum absolute atomic E-state index is 0.385.